The van der Waals surface area contributed by atoms with Crippen LogP contribution in [0.2, 0.25) is 5.15 Å². The van der Waals surface area contributed by atoms with Crippen LogP contribution in [0, 0.1) is 0 Å². The molecule has 34 heavy (non-hydrogen) atoms. The molecule has 0 saturated carbocycles. The third-order valence-electron chi connectivity index (χ3n) is 5.30. The Morgan fingerprint density at radius 3 is 2.47 bits per heavy atom. The van der Waals surface area contributed by atoms with Crippen molar-refractivity contribution in [3.63, 3.8) is 0 Å². The molecule has 2 rings (SSSR count). The molecule has 0 aliphatic carbocycles. The summed E-state index contributed by atoms with van der Waals surface area (Å²) in [7, 11) is 0. The van der Waals surface area contributed by atoms with Crippen LogP contribution in [0.4, 0.5) is 11.6 Å². The molecule has 0 bridgehead atoms. The number of hydrogen-bond donors (Lipinski definition) is 5. The lowest BCUT2D eigenvalue weighted by Crippen LogP contribution is -2.39. The zero-order chi connectivity index (χ0) is 25.5. The van der Waals surface area contributed by atoms with Crippen molar-refractivity contribution < 1.29 is 9.90 Å². The fourth-order valence-electron chi connectivity index (χ4n) is 3.36. The first kappa shape index (κ1) is 28.1. The first-order chi connectivity index (χ1) is 15.9. The number of nitrogens with two attached hydrogens (primary N) is 2. The van der Waals surface area contributed by atoms with Gasteiger partial charge in [-0.05, 0) is 45.9 Å². The standard InChI is InChI=1S/C23H35BrClN7O2/c1-5-8-32(10-7-29-22(34)17-20(26)31-21(27)19(25)30-17)9-6-28-13-14-11-15(23(2,3)4)12-16(24)18(14)33/h11-12,28,33H,5-10,13H2,1-4H3,(H,29,34)(H4,26,27,31). The van der Waals surface area contributed by atoms with Gasteiger partial charge in [-0.25, -0.2) is 9.97 Å². The summed E-state index contributed by atoms with van der Waals surface area (Å²) in [6.07, 6.45) is 0.987. The van der Waals surface area contributed by atoms with Crippen LogP contribution in [0.25, 0.3) is 0 Å². The number of nitrogens with zero attached hydrogens (tertiary/aromatic N) is 3. The highest BCUT2D eigenvalue weighted by molar-refractivity contribution is 9.10. The second-order valence-corrected chi connectivity index (χ2v) is 10.3. The van der Waals surface area contributed by atoms with Gasteiger partial charge in [0.2, 0.25) is 0 Å². The monoisotopic (exact) mass is 555 g/mol. The summed E-state index contributed by atoms with van der Waals surface area (Å²) in [5.41, 5.74) is 13.3. The fraction of sp³-hybridized carbons (Fsp3) is 0.522. The van der Waals surface area contributed by atoms with Gasteiger partial charge in [0.25, 0.3) is 5.91 Å². The summed E-state index contributed by atoms with van der Waals surface area (Å²) in [4.78, 5) is 22.4. The number of aromatic nitrogens is 2. The quantitative estimate of drug-likeness (QED) is 0.265. The molecule has 0 radical (unpaired) electrons. The van der Waals surface area contributed by atoms with E-state index >= 15 is 0 Å². The van der Waals surface area contributed by atoms with Gasteiger partial charge in [-0.2, -0.15) is 0 Å². The Morgan fingerprint density at radius 1 is 1.15 bits per heavy atom. The summed E-state index contributed by atoms with van der Waals surface area (Å²) >= 11 is 9.31. The minimum absolute atomic E-state index is 0.0110. The van der Waals surface area contributed by atoms with Crippen molar-refractivity contribution in [1.82, 2.24) is 25.5 Å². The Hall–Kier alpha value is -2.14. The molecule has 0 spiro atoms. The van der Waals surface area contributed by atoms with Crippen molar-refractivity contribution in [3.05, 3.63) is 38.6 Å². The van der Waals surface area contributed by atoms with Crippen LogP contribution < -0.4 is 22.1 Å². The van der Waals surface area contributed by atoms with Gasteiger partial charge in [0.15, 0.2) is 22.5 Å². The maximum Gasteiger partial charge on any atom is 0.273 e. The largest absolute Gasteiger partial charge is 0.506 e. The maximum atomic E-state index is 12.4. The number of nitrogens with one attached hydrogen (secondary N) is 2. The van der Waals surface area contributed by atoms with Gasteiger partial charge in [0.1, 0.15) is 5.75 Å². The van der Waals surface area contributed by atoms with E-state index in [-0.39, 0.29) is 33.6 Å². The van der Waals surface area contributed by atoms with Gasteiger partial charge in [-0.1, -0.05) is 45.4 Å². The Morgan fingerprint density at radius 2 is 1.82 bits per heavy atom. The van der Waals surface area contributed by atoms with Crippen molar-refractivity contribution in [2.75, 3.05) is 44.2 Å². The minimum atomic E-state index is -0.443. The number of phenols is 1. The summed E-state index contributed by atoms with van der Waals surface area (Å²) in [5.74, 6) is -0.248. The third-order valence-corrected chi connectivity index (χ3v) is 6.18. The number of halogens is 2. The molecule has 0 aliphatic rings. The van der Waals surface area contributed by atoms with Crippen molar-refractivity contribution in [3.8, 4) is 5.75 Å². The van der Waals surface area contributed by atoms with E-state index in [1.54, 1.807) is 0 Å². The molecule has 9 nitrogen and oxygen atoms in total. The number of benzene rings is 1. The van der Waals surface area contributed by atoms with Gasteiger partial charge in [-0.3, -0.25) is 4.79 Å². The number of phenolic OH excluding ortho intramolecular Hbond substituents is 1. The number of rotatable bonds is 11. The van der Waals surface area contributed by atoms with Crippen LogP contribution in [-0.2, 0) is 12.0 Å². The second kappa shape index (κ2) is 12.5. The molecule has 1 aromatic heterocycles. The number of anilines is 2. The normalized spacial score (nSPS) is 11.7. The summed E-state index contributed by atoms with van der Waals surface area (Å²) in [5, 5.41) is 16.6. The molecule has 1 amide bonds. The summed E-state index contributed by atoms with van der Waals surface area (Å²) in [6.45, 7) is 12.6. The van der Waals surface area contributed by atoms with Crippen LogP contribution in [0.15, 0.2) is 16.6 Å². The molecule has 11 heteroatoms. The van der Waals surface area contributed by atoms with Crippen molar-refractivity contribution in [2.45, 2.75) is 46.1 Å². The number of aromatic hydroxyl groups is 1. The van der Waals surface area contributed by atoms with Crippen LogP contribution in [-0.4, -0.2) is 58.6 Å². The maximum absolute atomic E-state index is 12.4. The van der Waals surface area contributed by atoms with Crippen molar-refractivity contribution in [2.24, 2.45) is 0 Å². The predicted molar refractivity (Wildman–Crippen MR) is 141 cm³/mol. The lowest BCUT2D eigenvalue weighted by Gasteiger charge is -2.23. The van der Waals surface area contributed by atoms with Gasteiger partial charge in [0.05, 0.1) is 4.47 Å². The van der Waals surface area contributed by atoms with Crippen LogP contribution in [0.3, 0.4) is 0 Å². The number of nitrogen functional groups attached to an aromatic ring is 2. The van der Waals surface area contributed by atoms with E-state index in [9.17, 15) is 9.90 Å². The molecule has 0 unspecified atom stereocenters. The van der Waals surface area contributed by atoms with E-state index in [1.807, 2.05) is 12.1 Å². The Kier molecular flexibility index (Phi) is 10.4. The SMILES string of the molecule is CCCN(CCNCc1cc(C(C)(C)C)cc(Br)c1O)CCNC(=O)c1nc(Cl)c(N)nc1N. The molecule has 1 heterocycles. The molecule has 0 aliphatic heterocycles. The van der Waals surface area contributed by atoms with Gasteiger partial charge in [-0.15, -0.1) is 0 Å². The number of hydrogen-bond acceptors (Lipinski definition) is 8. The third kappa shape index (κ3) is 7.97. The number of carbonyl (C=O) groups excluding carboxylic acids is 1. The van der Waals surface area contributed by atoms with Gasteiger partial charge < -0.3 is 32.1 Å². The van der Waals surface area contributed by atoms with Crippen LogP contribution >= 0.6 is 27.5 Å². The number of amides is 1. The highest BCUT2D eigenvalue weighted by Gasteiger charge is 2.18. The lowest BCUT2D eigenvalue weighted by atomic mass is 9.86. The highest BCUT2D eigenvalue weighted by atomic mass is 79.9. The Balaban J connectivity index is 1.86. The summed E-state index contributed by atoms with van der Waals surface area (Å²) < 4.78 is 0.702. The second-order valence-electron chi connectivity index (χ2n) is 9.12. The summed E-state index contributed by atoms with van der Waals surface area (Å²) in [6, 6.07) is 4.01. The van der Waals surface area contributed by atoms with Crippen LogP contribution in [0.1, 0.15) is 55.7 Å². The zero-order valence-electron chi connectivity index (χ0n) is 20.2. The molecule has 1 aromatic carbocycles. The molecular formula is C23H35BrClN7O2. The smallest absolute Gasteiger partial charge is 0.273 e. The zero-order valence-corrected chi connectivity index (χ0v) is 22.6. The van der Waals surface area contributed by atoms with Crippen LogP contribution in [0.5, 0.6) is 5.75 Å². The fourth-order valence-corrected chi connectivity index (χ4v) is 3.98. The van der Waals surface area contributed by atoms with Crippen molar-refractivity contribution in [1.29, 1.82) is 0 Å². The first-order valence-electron chi connectivity index (χ1n) is 11.3. The topological polar surface area (TPSA) is 142 Å². The number of carbonyl (C=O) groups is 1. The van der Waals surface area contributed by atoms with E-state index in [0.717, 1.165) is 37.2 Å². The molecule has 0 saturated heterocycles. The average Bonchev–Trinajstić information content (AvgIpc) is 2.75. The lowest BCUT2D eigenvalue weighted by molar-refractivity contribution is 0.0944. The first-order valence-corrected chi connectivity index (χ1v) is 12.4. The van der Waals surface area contributed by atoms with E-state index < -0.39 is 5.91 Å². The van der Waals surface area contributed by atoms with E-state index in [1.165, 1.54) is 0 Å². The minimum Gasteiger partial charge on any atom is -0.506 e. The molecular weight excluding hydrogens is 522 g/mol. The molecule has 7 N–H and O–H groups in total. The van der Waals surface area contributed by atoms with E-state index in [4.69, 9.17) is 23.1 Å². The molecule has 188 valence electrons. The average molecular weight is 557 g/mol. The molecule has 0 fully saturated rings. The molecule has 0 atom stereocenters. The van der Waals surface area contributed by atoms with Gasteiger partial charge >= 0.3 is 0 Å². The van der Waals surface area contributed by atoms with Crippen molar-refractivity contribution >= 4 is 45.1 Å². The van der Waals surface area contributed by atoms with Gasteiger partial charge in [0, 0.05) is 38.3 Å². The Bertz CT molecular complexity index is 998. The van der Waals surface area contributed by atoms with E-state index in [2.05, 4.69) is 69.1 Å². The Labute approximate surface area is 214 Å². The molecule has 2 aromatic rings. The predicted octanol–water partition coefficient (Wildman–Crippen LogP) is 3.29. The highest BCUT2D eigenvalue weighted by Crippen LogP contribution is 2.34. The van der Waals surface area contributed by atoms with E-state index in [0.29, 0.717) is 24.1 Å².